The van der Waals surface area contributed by atoms with E-state index in [1.165, 1.54) is 5.56 Å². The van der Waals surface area contributed by atoms with E-state index >= 15 is 0 Å². The molecule has 0 atom stereocenters. The Hall–Kier alpha value is -1.44. The summed E-state index contributed by atoms with van der Waals surface area (Å²) in [6, 6.07) is 5.96. The van der Waals surface area contributed by atoms with Crippen LogP contribution >= 0.6 is 0 Å². The van der Waals surface area contributed by atoms with Gasteiger partial charge in [-0.1, -0.05) is 11.6 Å². The summed E-state index contributed by atoms with van der Waals surface area (Å²) in [4.78, 5) is 0. The third kappa shape index (κ3) is 0.871. The van der Waals surface area contributed by atoms with E-state index in [1.807, 2.05) is 25.1 Å². The summed E-state index contributed by atoms with van der Waals surface area (Å²) < 4.78 is 5.18. The summed E-state index contributed by atoms with van der Waals surface area (Å²) in [5, 5.41) is 1.00. The second kappa shape index (κ2) is 2.02. The maximum absolute atomic E-state index is 5.65. The fourth-order valence-corrected chi connectivity index (χ4v) is 1.16. The summed E-state index contributed by atoms with van der Waals surface area (Å²) in [5.41, 5.74) is 8.42. The summed E-state index contributed by atoms with van der Waals surface area (Å²) in [5.74, 6) is 0. The first-order valence-corrected chi connectivity index (χ1v) is 3.51. The van der Waals surface area contributed by atoms with Gasteiger partial charge in [0.25, 0.3) is 0 Å². The van der Waals surface area contributed by atoms with Crippen molar-refractivity contribution in [2.24, 2.45) is 0 Å². The Labute approximate surface area is 64.6 Å². The molecule has 0 bridgehead atoms. The third-order valence-corrected chi connectivity index (χ3v) is 1.76. The van der Waals surface area contributed by atoms with Crippen molar-refractivity contribution in [3.63, 3.8) is 0 Å². The molecule has 2 aromatic rings. The first kappa shape index (κ1) is 6.28. The fourth-order valence-electron chi connectivity index (χ4n) is 1.16. The maximum Gasteiger partial charge on any atom is 0.136 e. The Kier molecular flexibility index (Phi) is 1.15. The average Bonchev–Trinajstić information content (AvgIpc) is 2.33. The largest absolute Gasteiger partial charge is 0.462 e. The second-order valence-electron chi connectivity index (χ2n) is 2.69. The number of hydrogen-bond acceptors (Lipinski definition) is 2. The lowest BCUT2D eigenvalue weighted by atomic mass is 10.2. The van der Waals surface area contributed by atoms with Gasteiger partial charge in [-0.3, -0.25) is 0 Å². The monoisotopic (exact) mass is 147 g/mol. The van der Waals surface area contributed by atoms with Gasteiger partial charge in [0.05, 0.1) is 5.69 Å². The zero-order valence-corrected chi connectivity index (χ0v) is 6.29. The van der Waals surface area contributed by atoms with Gasteiger partial charge in [-0.15, -0.1) is 0 Å². The highest BCUT2D eigenvalue weighted by molar-refractivity contribution is 5.89. The van der Waals surface area contributed by atoms with Crippen molar-refractivity contribution >= 4 is 16.7 Å². The molecule has 0 saturated carbocycles. The van der Waals surface area contributed by atoms with Gasteiger partial charge in [0.15, 0.2) is 0 Å². The molecule has 2 nitrogen and oxygen atoms in total. The molecule has 11 heavy (non-hydrogen) atoms. The van der Waals surface area contributed by atoms with E-state index in [0.717, 1.165) is 11.0 Å². The minimum Gasteiger partial charge on any atom is -0.462 e. The summed E-state index contributed by atoms with van der Waals surface area (Å²) in [7, 11) is 0. The zero-order valence-electron chi connectivity index (χ0n) is 6.29. The van der Waals surface area contributed by atoms with Crippen molar-refractivity contribution in [1.82, 2.24) is 0 Å². The Balaban J connectivity index is 2.87. The molecule has 0 amide bonds. The Morgan fingerprint density at radius 3 is 3.00 bits per heavy atom. The minimum atomic E-state index is 0.712. The molecular formula is C9H9NO. The lowest BCUT2D eigenvalue weighted by Crippen LogP contribution is -1.80. The SMILES string of the molecule is Cc1ccc2occ(N)c2c1. The van der Waals surface area contributed by atoms with Crippen molar-refractivity contribution in [1.29, 1.82) is 0 Å². The Bertz CT molecular complexity index is 389. The first-order valence-electron chi connectivity index (χ1n) is 3.51. The van der Waals surface area contributed by atoms with Crippen LogP contribution in [0, 0.1) is 6.92 Å². The smallest absolute Gasteiger partial charge is 0.136 e. The van der Waals surface area contributed by atoms with Gasteiger partial charge in [0.1, 0.15) is 11.8 Å². The van der Waals surface area contributed by atoms with E-state index in [2.05, 4.69) is 0 Å². The van der Waals surface area contributed by atoms with Crippen LogP contribution in [0.15, 0.2) is 28.9 Å². The molecule has 1 aromatic heterocycles. The lowest BCUT2D eigenvalue weighted by Gasteiger charge is -1.91. The first-order chi connectivity index (χ1) is 5.27. The van der Waals surface area contributed by atoms with Crippen LogP contribution in [-0.4, -0.2) is 0 Å². The van der Waals surface area contributed by atoms with Gasteiger partial charge in [0.2, 0.25) is 0 Å². The topological polar surface area (TPSA) is 39.2 Å². The van der Waals surface area contributed by atoms with E-state index in [0.29, 0.717) is 5.69 Å². The molecule has 2 N–H and O–H groups in total. The number of rotatable bonds is 0. The van der Waals surface area contributed by atoms with E-state index in [1.54, 1.807) is 6.26 Å². The number of nitrogens with two attached hydrogens (primary N) is 1. The number of benzene rings is 1. The van der Waals surface area contributed by atoms with Gasteiger partial charge < -0.3 is 10.2 Å². The van der Waals surface area contributed by atoms with Crippen LogP contribution in [0.5, 0.6) is 0 Å². The highest BCUT2D eigenvalue weighted by atomic mass is 16.3. The summed E-state index contributed by atoms with van der Waals surface area (Å²) >= 11 is 0. The summed E-state index contributed by atoms with van der Waals surface area (Å²) in [6.45, 7) is 2.03. The number of anilines is 1. The molecule has 1 aromatic carbocycles. The van der Waals surface area contributed by atoms with Crippen LogP contribution in [0.2, 0.25) is 0 Å². The number of hydrogen-bond donors (Lipinski definition) is 1. The van der Waals surface area contributed by atoms with E-state index < -0.39 is 0 Å². The molecule has 2 heteroatoms. The van der Waals surface area contributed by atoms with Gasteiger partial charge >= 0.3 is 0 Å². The van der Waals surface area contributed by atoms with Crippen LogP contribution < -0.4 is 5.73 Å². The molecule has 0 saturated heterocycles. The normalized spacial score (nSPS) is 10.6. The van der Waals surface area contributed by atoms with Crippen LogP contribution in [-0.2, 0) is 0 Å². The predicted octanol–water partition coefficient (Wildman–Crippen LogP) is 2.32. The van der Waals surface area contributed by atoms with Crippen LogP contribution in [0.4, 0.5) is 5.69 Å². The molecule has 0 radical (unpaired) electrons. The highest BCUT2D eigenvalue weighted by Crippen LogP contribution is 2.23. The Morgan fingerprint density at radius 2 is 2.18 bits per heavy atom. The Morgan fingerprint density at radius 1 is 1.36 bits per heavy atom. The third-order valence-electron chi connectivity index (χ3n) is 1.76. The molecular weight excluding hydrogens is 138 g/mol. The van der Waals surface area contributed by atoms with Crippen molar-refractivity contribution in [2.45, 2.75) is 6.92 Å². The molecule has 0 aliphatic carbocycles. The molecule has 0 unspecified atom stereocenters. The number of furan rings is 1. The number of fused-ring (bicyclic) bond motifs is 1. The van der Waals surface area contributed by atoms with E-state index in [-0.39, 0.29) is 0 Å². The number of nitrogen functional groups attached to an aromatic ring is 1. The molecule has 56 valence electrons. The van der Waals surface area contributed by atoms with Crippen molar-refractivity contribution in [3.05, 3.63) is 30.0 Å². The van der Waals surface area contributed by atoms with Crippen LogP contribution in [0.1, 0.15) is 5.56 Å². The molecule has 2 rings (SSSR count). The highest BCUT2D eigenvalue weighted by Gasteiger charge is 2.00. The van der Waals surface area contributed by atoms with Crippen LogP contribution in [0.25, 0.3) is 11.0 Å². The van der Waals surface area contributed by atoms with Crippen molar-refractivity contribution < 1.29 is 4.42 Å². The van der Waals surface area contributed by atoms with Gasteiger partial charge in [-0.25, -0.2) is 0 Å². The molecule has 0 spiro atoms. The minimum absolute atomic E-state index is 0.712. The fraction of sp³-hybridized carbons (Fsp3) is 0.111. The van der Waals surface area contributed by atoms with E-state index in [4.69, 9.17) is 10.2 Å². The average molecular weight is 147 g/mol. The maximum atomic E-state index is 5.65. The standard InChI is InChI=1S/C9H9NO/c1-6-2-3-9-7(4-6)8(10)5-11-9/h2-5H,10H2,1H3. The predicted molar refractivity (Wildman–Crippen MR) is 45.4 cm³/mol. The van der Waals surface area contributed by atoms with Gasteiger partial charge in [-0.2, -0.15) is 0 Å². The molecule has 0 aliphatic heterocycles. The lowest BCUT2D eigenvalue weighted by molar-refractivity contribution is 0.617. The zero-order chi connectivity index (χ0) is 7.84. The molecule has 0 fully saturated rings. The van der Waals surface area contributed by atoms with Crippen molar-refractivity contribution in [2.75, 3.05) is 5.73 Å². The van der Waals surface area contributed by atoms with Gasteiger partial charge in [0, 0.05) is 5.39 Å². The number of aryl methyl sites for hydroxylation is 1. The van der Waals surface area contributed by atoms with Crippen LogP contribution in [0.3, 0.4) is 0 Å². The van der Waals surface area contributed by atoms with Gasteiger partial charge in [-0.05, 0) is 19.1 Å². The molecule has 0 aliphatic rings. The quantitative estimate of drug-likeness (QED) is 0.621. The molecule has 1 heterocycles. The van der Waals surface area contributed by atoms with E-state index in [9.17, 15) is 0 Å². The van der Waals surface area contributed by atoms with Crippen molar-refractivity contribution in [3.8, 4) is 0 Å². The summed E-state index contributed by atoms with van der Waals surface area (Å²) in [6.07, 6.45) is 1.57. The second-order valence-corrected chi connectivity index (χ2v) is 2.69.